The van der Waals surface area contributed by atoms with E-state index >= 15 is 0 Å². The summed E-state index contributed by atoms with van der Waals surface area (Å²) in [7, 11) is 0. The van der Waals surface area contributed by atoms with Crippen LogP contribution in [0.25, 0.3) is 10.8 Å². The molecule has 0 aliphatic carbocycles. The number of anilines is 1. The first kappa shape index (κ1) is 18.2. The summed E-state index contributed by atoms with van der Waals surface area (Å²) in [4.78, 5) is 15.0. The molecule has 0 saturated carbocycles. The minimum atomic E-state index is -1.26. The second kappa shape index (κ2) is 7.17. The zero-order chi connectivity index (χ0) is 19.8. The van der Waals surface area contributed by atoms with Gasteiger partial charge in [-0.05, 0) is 41.8 Å². The van der Waals surface area contributed by atoms with E-state index in [0.29, 0.717) is 32.8 Å². The predicted molar refractivity (Wildman–Crippen MR) is 111 cm³/mol. The molecule has 0 N–H and O–H groups in total. The zero-order valence-corrected chi connectivity index (χ0v) is 16.4. The fraction of sp³-hybridized carbons (Fsp3) is 0.292. The van der Waals surface area contributed by atoms with Crippen LogP contribution in [-0.2, 0) is 20.1 Å². The van der Waals surface area contributed by atoms with Gasteiger partial charge < -0.3 is 19.1 Å². The molecular formula is C24H23NO4. The lowest BCUT2D eigenvalue weighted by Crippen LogP contribution is -2.41. The molecular weight excluding hydrogens is 366 g/mol. The SMILES string of the molecule is Cc1cccc2c1N(CCCOc1ccc3ccccc3c1)C(=O)C21OCCO1. The highest BCUT2D eigenvalue weighted by Gasteiger charge is 2.56. The van der Waals surface area contributed by atoms with Crippen molar-refractivity contribution in [3.63, 3.8) is 0 Å². The molecule has 0 atom stereocenters. The van der Waals surface area contributed by atoms with Crippen LogP contribution in [0.15, 0.2) is 60.7 Å². The molecule has 5 nitrogen and oxygen atoms in total. The van der Waals surface area contributed by atoms with E-state index in [1.807, 2.05) is 49.4 Å². The van der Waals surface area contributed by atoms with Gasteiger partial charge in [-0.15, -0.1) is 0 Å². The van der Waals surface area contributed by atoms with Crippen LogP contribution in [0, 0.1) is 6.92 Å². The quantitative estimate of drug-likeness (QED) is 0.615. The number of fused-ring (bicyclic) bond motifs is 3. The topological polar surface area (TPSA) is 48.0 Å². The van der Waals surface area contributed by atoms with Gasteiger partial charge >= 0.3 is 0 Å². The number of hydrogen-bond acceptors (Lipinski definition) is 4. The Labute approximate surface area is 169 Å². The third-order valence-corrected chi connectivity index (χ3v) is 5.60. The molecule has 0 aromatic heterocycles. The van der Waals surface area contributed by atoms with Gasteiger partial charge in [-0.3, -0.25) is 4.79 Å². The number of benzene rings is 3. The minimum absolute atomic E-state index is 0.134. The Morgan fingerprint density at radius 3 is 2.62 bits per heavy atom. The maximum Gasteiger partial charge on any atom is 0.292 e. The van der Waals surface area contributed by atoms with Crippen LogP contribution < -0.4 is 9.64 Å². The summed E-state index contributed by atoms with van der Waals surface area (Å²) in [5.41, 5.74) is 2.77. The van der Waals surface area contributed by atoms with Crippen LogP contribution in [0.5, 0.6) is 5.75 Å². The zero-order valence-electron chi connectivity index (χ0n) is 16.4. The normalized spacial score (nSPS) is 17.3. The van der Waals surface area contributed by atoms with E-state index in [4.69, 9.17) is 14.2 Å². The maximum atomic E-state index is 13.2. The molecule has 5 rings (SSSR count). The molecule has 1 spiro atoms. The predicted octanol–water partition coefficient (Wildman–Crippen LogP) is 4.16. The summed E-state index contributed by atoms with van der Waals surface area (Å²) in [6.45, 7) is 3.95. The van der Waals surface area contributed by atoms with Crippen LogP contribution in [-0.4, -0.2) is 32.3 Å². The first-order valence-electron chi connectivity index (χ1n) is 10.0. The number of carbonyl (C=O) groups is 1. The van der Waals surface area contributed by atoms with Crippen molar-refractivity contribution >= 4 is 22.4 Å². The molecule has 2 heterocycles. The van der Waals surface area contributed by atoms with E-state index in [1.165, 1.54) is 5.39 Å². The number of ether oxygens (including phenoxy) is 3. The molecule has 2 aliphatic heterocycles. The Morgan fingerprint density at radius 2 is 1.79 bits per heavy atom. The minimum Gasteiger partial charge on any atom is -0.494 e. The van der Waals surface area contributed by atoms with Crippen LogP contribution >= 0.6 is 0 Å². The average Bonchev–Trinajstić information content (AvgIpc) is 3.32. The number of para-hydroxylation sites is 1. The van der Waals surface area contributed by atoms with Crippen molar-refractivity contribution in [1.82, 2.24) is 0 Å². The molecule has 2 aliphatic rings. The summed E-state index contributed by atoms with van der Waals surface area (Å²) < 4.78 is 17.5. The summed E-state index contributed by atoms with van der Waals surface area (Å²) in [5.74, 6) is -0.558. The average molecular weight is 389 g/mol. The second-order valence-corrected chi connectivity index (χ2v) is 7.45. The Bertz CT molecular complexity index is 1070. The number of amides is 1. The van der Waals surface area contributed by atoms with Crippen molar-refractivity contribution in [2.45, 2.75) is 19.1 Å². The molecule has 3 aromatic rings. The fourth-order valence-corrected chi connectivity index (χ4v) is 4.25. The molecule has 0 bridgehead atoms. The molecule has 3 aromatic carbocycles. The second-order valence-electron chi connectivity index (χ2n) is 7.45. The van der Waals surface area contributed by atoms with Gasteiger partial charge in [0.15, 0.2) is 0 Å². The first-order chi connectivity index (χ1) is 14.2. The van der Waals surface area contributed by atoms with Crippen LogP contribution in [0.4, 0.5) is 5.69 Å². The van der Waals surface area contributed by atoms with Gasteiger partial charge in [0.05, 0.1) is 25.5 Å². The van der Waals surface area contributed by atoms with Gasteiger partial charge in [-0.2, -0.15) is 0 Å². The van der Waals surface area contributed by atoms with E-state index in [9.17, 15) is 4.79 Å². The van der Waals surface area contributed by atoms with Crippen LogP contribution in [0.2, 0.25) is 0 Å². The lowest BCUT2D eigenvalue weighted by atomic mass is 10.0. The molecule has 29 heavy (non-hydrogen) atoms. The van der Waals surface area contributed by atoms with E-state index in [0.717, 1.165) is 28.0 Å². The van der Waals surface area contributed by atoms with Gasteiger partial charge in [0.25, 0.3) is 11.7 Å². The largest absolute Gasteiger partial charge is 0.494 e. The highest BCUT2D eigenvalue weighted by atomic mass is 16.7. The molecule has 1 saturated heterocycles. The molecule has 1 fully saturated rings. The van der Waals surface area contributed by atoms with Crippen molar-refractivity contribution in [2.24, 2.45) is 0 Å². The fourth-order valence-electron chi connectivity index (χ4n) is 4.25. The Kier molecular flexibility index (Phi) is 4.49. The number of aryl methyl sites for hydroxylation is 1. The number of nitrogens with zero attached hydrogens (tertiary/aromatic N) is 1. The van der Waals surface area contributed by atoms with Crippen LogP contribution in [0.3, 0.4) is 0 Å². The van der Waals surface area contributed by atoms with Gasteiger partial charge in [-0.25, -0.2) is 0 Å². The standard InChI is InChI=1S/C24H23NO4/c1-17-6-4-9-21-22(17)25(23(26)24(21)28-14-15-29-24)12-5-13-27-20-11-10-18-7-2-3-8-19(18)16-20/h2-4,6-11,16H,5,12-15H2,1H3. The van der Waals surface area contributed by atoms with E-state index in [-0.39, 0.29) is 5.91 Å². The van der Waals surface area contributed by atoms with Crippen molar-refractivity contribution in [2.75, 3.05) is 31.3 Å². The Morgan fingerprint density at radius 1 is 1.00 bits per heavy atom. The first-order valence-corrected chi connectivity index (χ1v) is 10.0. The summed E-state index contributed by atoms with van der Waals surface area (Å²) >= 11 is 0. The highest BCUT2D eigenvalue weighted by Crippen LogP contribution is 2.47. The number of carbonyl (C=O) groups excluding carboxylic acids is 1. The number of hydrogen-bond donors (Lipinski definition) is 0. The van der Waals surface area contributed by atoms with Crippen LogP contribution in [0.1, 0.15) is 17.5 Å². The third-order valence-electron chi connectivity index (χ3n) is 5.60. The molecule has 0 unspecified atom stereocenters. The summed E-state index contributed by atoms with van der Waals surface area (Å²) in [5, 5.41) is 2.35. The lowest BCUT2D eigenvalue weighted by Gasteiger charge is -2.22. The van der Waals surface area contributed by atoms with Gasteiger partial charge in [0.2, 0.25) is 0 Å². The monoisotopic (exact) mass is 389 g/mol. The molecule has 0 radical (unpaired) electrons. The van der Waals surface area contributed by atoms with E-state index in [1.54, 1.807) is 4.90 Å². The summed E-state index contributed by atoms with van der Waals surface area (Å²) in [6.07, 6.45) is 0.711. The maximum absolute atomic E-state index is 13.2. The Balaban J connectivity index is 1.29. The lowest BCUT2D eigenvalue weighted by molar-refractivity contribution is -0.180. The summed E-state index contributed by atoms with van der Waals surface area (Å²) in [6, 6.07) is 20.2. The smallest absolute Gasteiger partial charge is 0.292 e. The highest BCUT2D eigenvalue weighted by molar-refractivity contribution is 6.07. The molecule has 5 heteroatoms. The number of rotatable bonds is 5. The van der Waals surface area contributed by atoms with Crippen molar-refractivity contribution in [3.8, 4) is 5.75 Å². The van der Waals surface area contributed by atoms with Gasteiger partial charge in [-0.1, -0.05) is 48.5 Å². The molecule has 148 valence electrons. The van der Waals surface area contributed by atoms with E-state index in [2.05, 4.69) is 18.2 Å². The Hall–Kier alpha value is -2.89. The van der Waals surface area contributed by atoms with Gasteiger partial charge in [0.1, 0.15) is 5.75 Å². The van der Waals surface area contributed by atoms with Crippen molar-refractivity contribution in [1.29, 1.82) is 0 Å². The van der Waals surface area contributed by atoms with Gasteiger partial charge in [0, 0.05) is 12.1 Å². The van der Waals surface area contributed by atoms with Crippen molar-refractivity contribution in [3.05, 3.63) is 71.8 Å². The van der Waals surface area contributed by atoms with Crippen molar-refractivity contribution < 1.29 is 19.0 Å². The van der Waals surface area contributed by atoms with E-state index < -0.39 is 5.79 Å². The third kappa shape index (κ3) is 2.98. The molecule has 1 amide bonds.